The Balaban J connectivity index is 1.96. The zero-order valence-corrected chi connectivity index (χ0v) is 12.8. The molecular weight excluding hydrogens is 272 g/mol. The molecule has 4 nitrogen and oxygen atoms in total. The number of alkyl halides is 1. The van der Waals surface area contributed by atoms with Crippen LogP contribution in [0.25, 0.3) is 11.0 Å². The van der Waals surface area contributed by atoms with Crippen molar-refractivity contribution >= 4 is 22.6 Å². The molecular formula is C15H21ClN4. The summed E-state index contributed by atoms with van der Waals surface area (Å²) < 4.78 is 2.28. The lowest BCUT2D eigenvalue weighted by atomic mass is 10.2. The Morgan fingerprint density at radius 2 is 2.05 bits per heavy atom. The molecule has 0 bridgehead atoms. The van der Waals surface area contributed by atoms with Gasteiger partial charge in [-0.25, -0.2) is 4.98 Å². The van der Waals surface area contributed by atoms with Crippen LogP contribution >= 0.6 is 11.6 Å². The van der Waals surface area contributed by atoms with Crippen LogP contribution in [0.1, 0.15) is 43.9 Å². The van der Waals surface area contributed by atoms with Crippen molar-refractivity contribution in [3.8, 4) is 0 Å². The summed E-state index contributed by atoms with van der Waals surface area (Å²) in [6, 6.07) is 2.41. The topological polar surface area (TPSA) is 34.0 Å². The standard InChI is InChI=1S/C15H21ClN4/c1-11(10-19-7-3-4-8-19)20-14-5-6-17-9-13(14)18-15(20)12(2)16/h5-6,9,11-12H,3-4,7-8,10H2,1-2H3. The van der Waals surface area contributed by atoms with Crippen LogP contribution in [-0.2, 0) is 0 Å². The van der Waals surface area contributed by atoms with E-state index in [1.165, 1.54) is 25.9 Å². The summed E-state index contributed by atoms with van der Waals surface area (Å²) in [5, 5.41) is -0.0940. The van der Waals surface area contributed by atoms with E-state index < -0.39 is 0 Å². The van der Waals surface area contributed by atoms with Crippen molar-refractivity contribution in [1.29, 1.82) is 0 Å². The molecule has 0 amide bonds. The minimum Gasteiger partial charge on any atom is -0.323 e. The minimum absolute atomic E-state index is 0.0940. The van der Waals surface area contributed by atoms with E-state index in [1.807, 2.05) is 25.4 Å². The summed E-state index contributed by atoms with van der Waals surface area (Å²) >= 11 is 6.32. The third kappa shape index (κ3) is 2.54. The van der Waals surface area contributed by atoms with Gasteiger partial charge in [0.05, 0.1) is 17.1 Å². The maximum Gasteiger partial charge on any atom is 0.128 e. The van der Waals surface area contributed by atoms with E-state index in [9.17, 15) is 0 Å². The highest BCUT2D eigenvalue weighted by Crippen LogP contribution is 2.28. The van der Waals surface area contributed by atoms with Crippen molar-refractivity contribution in [2.24, 2.45) is 0 Å². The zero-order chi connectivity index (χ0) is 14.1. The fourth-order valence-corrected chi connectivity index (χ4v) is 3.29. The number of rotatable bonds is 4. The van der Waals surface area contributed by atoms with Gasteiger partial charge in [0.25, 0.3) is 0 Å². The Morgan fingerprint density at radius 3 is 2.75 bits per heavy atom. The smallest absolute Gasteiger partial charge is 0.128 e. The SMILES string of the molecule is CC(Cl)c1nc2cnccc2n1C(C)CN1CCCC1. The molecule has 2 atom stereocenters. The third-order valence-corrected chi connectivity index (χ3v) is 4.23. The van der Waals surface area contributed by atoms with Gasteiger partial charge in [0.15, 0.2) is 0 Å². The Hall–Kier alpha value is -1.13. The van der Waals surface area contributed by atoms with Crippen LogP contribution in [0, 0.1) is 0 Å². The highest BCUT2D eigenvalue weighted by Gasteiger charge is 2.22. The first-order valence-electron chi connectivity index (χ1n) is 7.35. The van der Waals surface area contributed by atoms with Gasteiger partial charge in [-0.1, -0.05) is 0 Å². The molecule has 1 aliphatic rings. The first-order valence-corrected chi connectivity index (χ1v) is 7.78. The molecule has 5 heteroatoms. The number of hydrogen-bond donors (Lipinski definition) is 0. The number of fused-ring (bicyclic) bond motifs is 1. The van der Waals surface area contributed by atoms with Crippen LogP contribution in [0.5, 0.6) is 0 Å². The summed E-state index contributed by atoms with van der Waals surface area (Å²) in [5.74, 6) is 0.946. The fourth-order valence-electron chi connectivity index (χ4n) is 3.13. The van der Waals surface area contributed by atoms with E-state index in [0.717, 1.165) is 23.4 Å². The van der Waals surface area contributed by atoms with Gasteiger partial charge in [-0.2, -0.15) is 0 Å². The first-order chi connectivity index (χ1) is 9.66. The summed E-state index contributed by atoms with van der Waals surface area (Å²) in [6.07, 6.45) is 6.28. The molecule has 108 valence electrons. The molecule has 0 radical (unpaired) electrons. The van der Waals surface area contributed by atoms with Crippen molar-refractivity contribution in [3.63, 3.8) is 0 Å². The molecule has 3 rings (SSSR count). The van der Waals surface area contributed by atoms with E-state index >= 15 is 0 Å². The third-order valence-electron chi connectivity index (χ3n) is 4.04. The number of pyridine rings is 1. The van der Waals surface area contributed by atoms with Crippen LogP contribution in [0.3, 0.4) is 0 Å². The number of imidazole rings is 1. The normalized spacial score (nSPS) is 19.6. The molecule has 2 aromatic rings. The lowest BCUT2D eigenvalue weighted by molar-refractivity contribution is 0.287. The monoisotopic (exact) mass is 292 g/mol. The predicted molar refractivity (Wildman–Crippen MR) is 82.2 cm³/mol. The largest absolute Gasteiger partial charge is 0.323 e. The Kier molecular flexibility index (Phi) is 3.94. The van der Waals surface area contributed by atoms with E-state index in [-0.39, 0.29) is 5.38 Å². The van der Waals surface area contributed by atoms with Crippen molar-refractivity contribution < 1.29 is 0 Å². The molecule has 0 saturated carbocycles. The van der Waals surface area contributed by atoms with Gasteiger partial charge in [-0.3, -0.25) is 4.98 Å². The van der Waals surface area contributed by atoms with Gasteiger partial charge in [-0.05, 0) is 45.8 Å². The molecule has 2 aromatic heterocycles. The van der Waals surface area contributed by atoms with E-state index in [0.29, 0.717) is 6.04 Å². The molecule has 1 saturated heterocycles. The second-order valence-corrected chi connectivity index (χ2v) is 6.33. The van der Waals surface area contributed by atoms with Crippen molar-refractivity contribution in [3.05, 3.63) is 24.3 Å². The number of aromatic nitrogens is 3. The molecule has 3 heterocycles. The number of halogens is 1. The average Bonchev–Trinajstić information content (AvgIpc) is 3.04. The van der Waals surface area contributed by atoms with Crippen LogP contribution in [0.15, 0.2) is 18.5 Å². The lowest BCUT2D eigenvalue weighted by Gasteiger charge is -2.24. The van der Waals surface area contributed by atoms with Gasteiger partial charge in [0.2, 0.25) is 0 Å². The zero-order valence-electron chi connectivity index (χ0n) is 12.1. The minimum atomic E-state index is -0.0940. The van der Waals surface area contributed by atoms with Crippen LogP contribution < -0.4 is 0 Å². The van der Waals surface area contributed by atoms with E-state index in [2.05, 4.69) is 26.4 Å². The summed E-state index contributed by atoms with van der Waals surface area (Å²) in [6.45, 7) is 7.72. The second kappa shape index (κ2) is 5.70. The number of nitrogens with zero attached hydrogens (tertiary/aromatic N) is 4. The van der Waals surface area contributed by atoms with Crippen molar-refractivity contribution in [1.82, 2.24) is 19.4 Å². The lowest BCUT2D eigenvalue weighted by Crippen LogP contribution is -2.28. The van der Waals surface area contributed by atoms with Crippen molar-refractivity contribution in [2.75, 3.05) is 19.6 Å². The first kappa shape index (κ1) is 13.8. The van der Waals surface area contributed by atoms with Crippen molar-refractivity contribution in [2.45, 2.75) is 38.1 Å². The molecule has 20 heavy (non-hydrogen) atoms. The van der Waals surface area contributed by atoms with Crippen LogP contribution in [0.2, 0.25) is 0 Å². The molecule has 0 N–H and O–H groups in total. The molecule has 1 fully saturated rings. The average molecular weight is 293 g/mol. The highest BCUT2D eigenvalue weighted by atomic mass is 35.5. The van der Waals surface area contributed by atoms with Gasteiger partial charge in [0, 0.05) is 18.8 Å². The molecule has 0 spiro atoms. The maximum atomic E-state index is 6.32. The molecule has 0 aliphatic carbocycles. The van der Waals surface area contributed by atoms with Gasteiger partial charge in [0.1, 0.15) is 11.3 Å². The van der Waals surface area contributed by atoms with Gasteiger partial charge < -0.3 is 9.47 Å². The second-order valence-electron chi connectivity index (χ2n) is 5.68. The summed E-state index contributed by atoms with van der Waals surface area (Å²) in [5.41, 5.74) is 2.07. The van der Waals surface area contributed by atoms with E-state index in [4.69, 9.17) is 11.6 Å². The fraction of sp³-hybridized carbons (Fsp3) is 0.600. The predicted octanol–water partition coefficient (Wildman–Crippen LogP) is 3.39. The number of likely N-dealkylation sites (tertiary alicyclic amines) is 1. The Labute approximate surface area is 124 Å². The summed E-state index contributed by atoms with van der Waals surface area (Å²) in [7, 11) is 0. The maximum absolute atomic E-state index is 6.32. The highest BCUT2D eigenvalue weighted by molar-refractivity contribution is 6.20. The van der Waals surface area contributed by atoms with Crippen LogP contribution in [-0.4, -0.2) is 39.1 Å². The Bertz CT molecular complexity index is 587. The van der Waals surface area contributed by atoms with Gasteiger partial charge in [-0.15, -0.1) is 11.6 Å². The molecule has 0 aromatic carbocycles. The molecule has 1 aliphatic heterocycles. The van der Waals surface area contributed by atoms with Crippen LogP contribution in [0.4, 0.5) is 0 Å². The summed E-state index contributed by atoms with van der Waals surface area (Å²) in [4.78, 5) is 11.3. The number of hydrogen-bond acceptors (Lipinski definition) is 3. The van der Waals surface area contributed by atoms with Gasteiger partial charge >= 0.3 is 0 Å². The Morgan fingerprint density at radius 1 is 1.30 bits per heavy atom. The quantitative estimate of drug-likeness (QED) is 0.810. The molecule has 2 unspecified atom stereocenters. The van der Waals surface area contributed by atoms with E-state index in [1.54, 1.807) is 0 Å².